The maximum Gasteiger partial charge on any atom is 0.188 e. The van der Waals surface area contributed by atoms with Crippen molar-refractivity contribution in [1.29, 1.82) is 0 Å². The van der Waals surface area contributed by atoms with Crippen molar-refractivity contribution in [3.8, 4) is 51.0 Å². The van der Waals surface area contributed by atoms with E-state index in [0.29, 0.717) is 17.4 Å². The molecular weight excluding hydrogens is 1840 g/mol. The van der Waals surface area contributed by atoms with E-state index in [2.05, 4.69) is 410 Å². The fourth-order valence-electron chi connectivity index (χ4n) is 18.3. The number of pyridine rings is 2. The zero-order chi connectivity index (χ0) is 82.6. The van der Waals surface area contributed by atoms with Crippen molar-refractivity contribution in [3.05, 3.63) is 487 Å². The van der Waals surface area contributed by atoms with Gasteiger partial charge >= 0.3 is 0 Å². The molecule has 0 saturated heterocycles. The third-order valence-corrected chi connectivity index (χ3v) is 23.7. The smallest absolute Gasteiger partial charge is 0.188 e. The Bertz CT molecular complexity index is 7380. The van der Waals surface area contributed by atoms with Crippen LogP contribution in [0.3, 0.4) is 0 Å². The molecule has 0 aliphatic carbocycles. The Balaban J connectivity index is 0.000000166. The summed E-state index contributed by atoms with van der Waals surface area (Å²) in [5.41, 5.74) is 24.1. The number of hydrogen-bond donors (Lipinski definition) is 0. The van der Waals surface area contributed by atoms with Crippen LogP contribution in [0.15, 0.2) is 407 Å². The normalized spacial score (nSPS) is 12.2. The average molecular weight is 1920 g/mol. The zero-order valence-electron chi connectivity index (χ0n) is 70.0. The quantitative estimate of drug-likeness (QED) is 0.0674. The van der Waals surface area contributed by atoms with Crippen LogP contribution in [0.1, 0.15) is 99.3 Å². The predicted octanol–water partition coefficient (Wildman–Crippen LogP) is 26.5. The standard InChI is InChI=1S/C58H43N4.C53H41N4.2Pt/c1-41(2)49-27-12-13-28-50(49)42-35-36-59-57(37-42)62-53-30-15-14-29-51(53)52-34-33-46(39-56(52)62)58(43-19-6-3-7-20-43,44-21-8-4-9-22-44)45-23-18-26-48(38-45)61-40-60(47-24-10-5-11-25-47)54-31-16-17-32-55(54)61;1-37(2)44-23-10-11-24-45(44)38-31-32-54-52(33-38)57-48-26-13-12-25-46(48)47-30-29-42(35-51(47)57)53(39-17-6-4-7-18-39,40-19-8-5-9-20-40)41-21-16-22-43(34-41)56-36-55(3)49-27-14-15-28-50(49)56;;/h3-37,40-41H,1-2H3;4-33,36-37H,1-3H3;;/q2*-1;;/i;3D3;;. The van der Waals surface area contributed by atoms with Gasteiger partial charge in [-0.25, -0.2) is 23.7 Å². The maximum absolute atomic E-state index is 8.34. The molecule has 0 atom stereocenters. The molecule has 0 unspecified atom stereocenters. The van der Waals surface area contributed by atoms with Gasteiger partial charge in [-0.2, -0.15) is 65.2 Å². The van der Waals surface area contributed by atoms with Gasteiger partial charge in [0.1, 0.15) is 17.3 Å². The van der Waals surface area contributed by atoms with Crippen LogP contribution >= 0.6 is 0 Å². The maximum atomic E-state index is 8.34. The number of aryl methyl sites for hydroxylation is 1. The molecule has 8 nitrogen and oxygen atoms in total. The van der Waals surface area contributed by atoms with E-state index in [0.717, 1.165) is 144 Å². The van der Waals surface area contributed by atoms with Crippen molar-refractivity contribution in [2.75, 3.05) is 0 Å². The van der Waals surface area contributed by atoms with Gasteiger partial charge in [0, 0.05) is 123 Å². The zero-order valence-corrected chi connectivity index (χ0v) is 71.6. The summed E-state index contributed by atoms with van der Waals surface area (Å²) in [5, 5.41) is 4.47. The first-order chi connectivity index (χ1) is 59.8. The van der Waals surface area contributed by atoms with Crippen molar-refractivity contribution < 1.29 is 46.2 Å². The molecule has 15 aromatic carbocycles. The van der Waals surface area contributed by atoms with Crippen molar-refractivity contribution >= 4 is 65.7 Å². The Morgan fingerprint density at radius 3 is 1.07 bits per heavy atom. The topological polar surface area (TPSA) is 55.4 Å². The second-order valence-electron chi connectivity index (χ2n) is 31.2. The Labute approximate surface area is 739 Å². The van der Waals surface area contributed by atoms with E-state index >= 15 is 0 Å². The molecule has 0 saturated carbocycles. The average Bonchev–Trinajstić information content (AvgIpc) is 1.30. The van der Waals surface area contributed by atoms with Gasteiger partial charge in [-0.1, -0.05) is 281 Å². The van der Waals surface area contributed by atoms with E-state index in [1.165, 1.54) is 26.8 Å². The Kier molecular flexibility index (Phi) is 20.7. The number of benzene rings is 15. The van der Waals surface area contributed by atoms with E-state index in [1.54, 1.807) is 6.33 Å². The molecule has 0 N–H and O–H groups in total. The third kappa shape index (κ3) is 13.8. The first kappa shape index (κ1) is 75.0. The third-order valence-electron chi connectivity index (χ3n) is 23.7. The van der Waals surface area contributed by atoms with Gasteiger partial charge < -0.3 is 9.13 Å². The van der Waals surface area contributed by atoms with Crippen LogP contribution in [0, 0.1) is 24.3 Å². The summed E-state index contributed by atoms with van der Waals surface area (Å²) in [6, 6.07) is 150. The van der Waals surface area contributed by atoms with Gasteiger partial charge in [0.25, 0.3) is 0 Å². The van der Waals surface area contributed by atoms with E-state index in [1.807, 2.05) is 65.5 Å². The summed E-state index contributed by atoms with van der Waals surface area (Å²) in [4.78, 5) is 10.1. The fourth-order valence-corrected chi connectivity index (χ4v) is 18.3. The molecular formula is C111H84N8Pt2-2. The van der Waals surface area contributed by atoms with Crippen LogP contribution in [-0.4, -0.2) is 37.4 Å². The van der Waals surface area contributed by atoms with Gasteiger partial charge in [0.2, 0.25) is 0 Å². The summed E-state index contributed by atoms with van der Waals surface area (Å²) in [7, 11) is 0. The van der Waals surface area contributed by atoms with Gasteiger partial charge in [0.05, 0.1) is 0 Å². The van der Waals surface area contributed by atoms with Crippen LogP contribution in [0.5, 0.6) is 0 Å². The number of para-hydroxylation sites is 7. The first-order valence-corrected chi connectivity index (χ1v) is 40.7. The van der Waals surface area contributed by atoms with E-state index in [4.69, 9.17) is 14.1 Å². The summed E-state index contributed by atoms with van der Waals surface area (Å²) in [6.45, 7) is 6.61. The number of fused-ring (bicyclic) bond motifs is 8. The molecule has 0 radical (unpaired) electrons. The minimum absolute atomic E-state index is 0. The first-order valence-electron chi connectivity index (χ1n) is 42.2. The van der Waals surface area contributed by atoms with E-state index in [-0.39, 0.29) is 42.1 Å². The molecule has 6 heterocycles. The summed E-state index contributed by atoms with van der Waals surface area (Å²) < 4.78 is 37.3. The van der Waals surface area contributed by atoms with E-state index in [9.17, 15) is 0 Å². The molecule has 590 valence electrons. The summed E-state index contributed by atoms with van der Waals surface area (Å²) >= 11 is 0. The molecule has 21 rings (SSSR count). The molecule has 10 heteroatoms. The van der Waals surface area contributed by atoms with Crippen LogP contribution in [0.4, 0.5) is 0 Å². The Morgan fingerprint density at radius 1 is 0.306 bits per heavy atom. The van der Waals surface area contributed by atoms with Gasteiger partial charge in [-0.05, 0) is 139 Å². The van der Waals surface area contributed by atoms with Crippen LogP contribution in [-0.2, 0) is 59.9 Å². The monoisotopic (exact) mass is 1920 g/mol. The number of imidazole rings is 2. The number of rotatable bonds is 17. The number of aromatic nitrogens is 8. The molecule has 0 amide bonds. The molecule has 0 spiro atoms. The second-order valence-corrected chi connectivity index (χ2v) is 31.2. The number of nitrogens with zero attached hydrogens (tertiary/aromatic N) is 8. The summed E-state index contributed by atoms with van der Waals surface area (Å²) in [6.07, 6.45) is 7.69. The Morgan fingerprint density at radius 2 is 0.653 bits per heavy atom. The predicted molar refractivity (Wildman–Crippen MR) is 489 cm³/mol. The van der Waals surface area contributed by atoms with Gasteiger partial charge in [-0.3, -0.25) is 0 Å². The molecule has 121 heavy (non-hydrogen) atoms. The number of hydrogen-bond acceptors (Lipinski definition) is 2. The largest absolute Gasteiger partial charge is 0.319 e. The van der Waals surface area contributed by atoms with Crippen molar-refractivity contribution in [2.24, 2.45) is 6.98 Å². The van der Waals surface area contributed by atoms with Crippen molar-refractivity contribution in [3.63, 3.8) is 0 Å². The minimum Gasteiger partial charge on any atom is -0.319 e. The fraction of sp³-hybridized carbons (Fsp3) is 0.0811. The van der Waals surface area contributed by atoms with E-state index < -0.39 is 17.8 Å². The van der Waals surface area contributed by atoms with Crippen LogP contribution in [0.2, 0.25) is 0 Å². The molecule has 0 aliphatic rings. The van der Waals surface area contributed by atoms with Crippen molar-refractivity contribution in [2.45, 2.75) is 50.4 Å². The summed E-state index contributed by atoms with van der Waals surface area (Å²) in [5.74, 6) is 2.41. The van der Waals surface area contributed by atoms with Crippen LogP contribution in [0.25, 0.3) is 117 Å². The minimum atomic E-state index is -2.37. The van der Waals surface area contributed by atoms with Gasteiger partial charge in [-0.15, -0.1) is 51.2 Å². The Hall–Kier alpha value is -13.5. The molecule has 21 aromatic rings. The van der Waals surface area contributed by atoms with Crippen molar-refractivity contribution in [1.82, 2.24) is 37.4 Å². The molecule has 6 aromatic heterocycles. The van der Waals surface area contributed by atoms with Crippen LogP contribution < -0.4 is 0 Å². The van der Waals surface area contributed by atoms with Gasteiger partial charge in [0.15, 0.2) is 34.7 Å². The molecule has 0 aliphatic heterocycles. The molecule has 0 bridgehead atoms. The SMILES string of the molecule is CC(C)c1ccccc1-c1ccnc(-n2c3[c-]c(C(c4[c-]c(-n5[cH+]n(-c6ccccc6)c6ccccc65)ccc4)(c4ccccc4)c4ccccc4)ccc3c3ccccc32)c1.[2H]C([2H])([2H])n1[cH+]n(-c2[c-]c(C(c3[c-]c4c(cc3)c3ccccc3n4-c3cc(-c4ccccc4C(C)C)ccn3)(c3ccccc3)c3ccccc3)ccc2)c2ccccc21.[Pt].[Pt]. The molecule has 0 fully saturated rings. The second kappa shape index (κ2) is 33.4.